The van der Waals surface area contributed by atoms with Crippen molar-refractivity contribution in [1.82, 2.24) is 10.6 Å². The quantitative estimate of drug-likeness (QED) is 0.809. The molecule has 0 spiro atoms. The Hall–Kier alpha value is -1.89. The highest BCUT2D eigenvalue weighted by Crippen LogP contribution is 2.29. The standard InChI is InChI=1S/C15H20F2N2O3/c1-2-21-13-8-10(5-6-12(13)22-15(16)17)9-19-11-4-3-7-18-14(11)20/h5-6,8,11,15,19H,2-4,7,9H2,1H3,(H,18,20)/t11-/m1/s1. The lowest BCUT2D eigenvalue weighted by Crippen LogP contribution is -2.47. The van der Waals surface area contributed by atoms with Gasteiger partial charge in [-0.2, -0.15) is 8.78 Å². The van der Waals surface area contributed by atoms with Crippen LogP contribution in [0, 0.1) is 0 Å². The number of hydrogen-bond acceptors (Lipinski definition) is 4. The number of alkyl halides is 2. The summed E-state index contributed by atoms with van der Waals surface area (Å²) < 4.78 is 34.4. The highest BCUT2D eigenvalue weighted by atomic mass is 19.3. The van der Waals surface area contributed by atoms with Crippen LogP contribution in [0.3, 0.4) is 0 Å². The highest BCUT2D eigenvalue weighted by molar-refractivity contribution is 5.82. The molecular weight excluding hydrogens is 294 g/mol. The second kappa shape index (κ2) is 7.93. The van der Waals surface area contributed by atoms with Crippen molar-refractivity contribution < 1.29 is 23.0 Å². The van der Waals surface area contributed by atoms with E-state index in [2.05, 4.69) is 15.4 Å². The van der Waals surface area contributed by atoms with Crippen LogP contribution >= 0.6 is 0 Å². The van der Waals surface area contributed by atoms with E-state index in [-0.39, 0.29) is 23.4 Å². The first-order chi connectivity index (χ1) is 10.6. The van der Waals surface area contributed by atoms with Gasteiger partial charge in [-0.1, -0.05) is 6.07 Å². The largest absolute Gasteiger partial charge is 0.490 e. The van der Waals surface area contributed by atoms with Crippen LogP contribution in [-0.4, -0.2) is 31.7 Å². The maximum Gasteiger partial charge on any atom is 0.387 e. The molecule has 0 bridgehead atoms. The molecule has 2 rings (SSSR count). The molecule has 0 unspecified atom stereocenters. The minimum Gasteiger partial charge on any atom is -0.490 e. The maximum atomic E-state index is 12.3. The third-order valence-corrected chi connectivity index (χ3v) is 3.36. The van der Waals surface area contributed by atoms with Crippen molar-refractivity contribution in [3.63, 3.8) is 0 Å². The summed E-state index contributed by atoms with van der Waals surface area (Å²) in [4.78, 5) is 11.7. The number of hydrogen-bond donors (Lipinski definition) is 2. The van der Waals surface area contributed by atoms with E-state index in [0.29, 0.717) is 19.7 Å². The molecule has 1 heterocycles. The van der Waals surface area contributed by atoms with Gasteiger partial charge in [0, 0.05) is 13.1 Å². The molecule has 122 valence electrons. The summed E-state index contributed by atoms with van der Waals surface area (Å²) in [5.74, 6) is 0.278. The number of carbonyl (C=O) groups is 1. The molecule has 0 aromatic heterocycles. The van der Waals surface area contributed by atoms with Gasteiger partial charge in [-0.15, -0.1) is 0 Å². The summed E-state index contributed by atoms with van der Waals surface area (Å²) in [5, 5.41) is 5.96. The molecule has 1 aromatic rings. The van der Waals surface area contributed by atoms with Crippen LogP contribution in [-0.2, 0) is 11.3 Å². The minimum absolute atomic E-state index is 0.00562. The first kappa shape index (κ1) is 16.5. The topological polar surface area (TPSA) is 59.6 Å². The molecule has 22 heavy (non-hydrogen) atoms. The Morgan fingerprint density at radius 1 is 1.41 bits per heavy atom. The number of rotatable bonds is 7. The molecular formula is C15H20F2N2O3. The molecule has 1 fully saturated rings. The summed E-state index contributed by atoms with van der Waals surface area (Å²) in [6.45, 7) is 0.387. The fraction of sp³-hybridized carbons (Fsp3) is 0.533. The predicted molar refractivity (Wildman–Crippen MR) is 77.1 cm³/mol. The summed E-state index contributed by atoms with van der Waals surface area (Å²) >= 11 is 0. The number of amides is 1. The zero-order chi connectivity index (χ0) is 15.9. The monoisotopic (exact) mass is 314 g/mol. The summed E-state index contributed by atoms with van der Waals surface area (Å²) in [6.07, 6.45) is 1.73. The Bertz CT molecular complexity index is 512. The zero-order valence-electron chi connectivity index (χ0n) is 12.4. The van der Waals surface area contributed by atoms with E-state index in [1.54, 1.807) is 19.1 Å². The molecule has 1 aliphatic heterocycles. The lowest BCUT2D eigenvalue weighted by Gasteiger charge is -2.23. The van der Waals surface area contributed by atoms with Gasteiger partial charge in [-0.05, 0) is 37.5 Å². The van der Waals surface area contributed by atoms with E-state index in [9.17, 15) is 13.6 Å². The molecule has 0 aliphatic carbocycles. The summed E-state index contributed by atoms with van der Waals surface area (Å²) in [5.41, 5.74) is 0.837. The van der Waals surface area contributed by atoms with Gasteiger partial charge in [0.1, 0.15) is 0 Å². The Morgan fingerprint density at radius 2 is 2.23 bits per heavy atom. The van der Waals surface area contributed by atoms with Crippen LogP contribution in [0.15, 0.2) is 18.2 Å². The molecule has 5 nitrogen and oxygen atoms in total. The fourth-order valence-electron chi connectivity index (χ4n) is 2.33. The van der Waals surface area contributed by atoms with E-state index in [1.165, 1.54) is 6.07 Å². The van der Waals surface area contributed by atoms with Gasteiger partial charge in [0.15, 0.2) is 11.5 Å². The lowest BCUT2D eigenvalue weighted by atomic mass is 10.1. The molecule has 1 amide bonds. The van der Waals surface area contributed by atoms with Crippen LogP contribution in [0.25, 0.3) is 0 Å². The van der Waals surface area contributed by atoms with Crippen molar-refractivity contribution in [2.24, 2.45) is 0 Å². The molecule has 1 aliphatic rings. The van der Waals surface area contributed by atoms with Crippen molar-refractivity contribution in [2.45, 2.75) is 39.0 Å². The first-order valence-electron chi connectivity index (χ1n) is 7.31. The SMILES string of the molecule is CCOc1cc(CN[C@@H]2CCCNC2=O)ccc1OC(F)F. The van der Waals surface area contributed by atoms with E-state index in [4.69, 9.17) is 4.74 Å². The predicted octanol–water partition coefficient (Wildman–Crippen LogP) is 2.05. The molecule has 1 aromatic carbocycles. The van der Waals surface area contributed by atoms with Gasteiger partial charge >= 0.3 is 6.61 Å². The van der Waals surface area contributed by atoms with Gasteiger partial charge < -0.3 is 20.1 Å². The van der Waals surface area contributed by atoms with E-state index >= 15 is 0 Å². The molecule has 0 saturated carbocycles. The van der Waals surface area contributed by atoms with Crippen molar-refractivity contribution >= 4 is 5.91 Å². The van der Waals surface area contributed by atoms with Crippen molar-refractivity contribution in [3.05, 3.63) is 23.8 Å². The van der Waals surface area contributed by atoms with Crippen molar-refractivity contribution in [2.75, 3.05) is 13.2 Å². The lowest BCUT2D eigenvalue weighted by molar-refractivity contribution is -0.124. The van der Waals surface area contributed by atoms with Gasteiger partial charge in [-0.3, -0.25) is 4.79 Å². The van der Waals surface area contributed by atoms with Gasteiger partial charge in [-0.25, -0.2) is 0 Å². The van der Waals surface area contributed by atoms with E-state index < -0.39 is 6.61 Å². The fourth-order valence-corrected chi connectivity index (χ4v) is 2.33. The molecule has 2 N–H and O–H groups in total. The third-order valence-electron chi connectivity index (χ3n) is 3.36. The van der Waals surface area contributed by atoms with Gasteiger partial charge in [0.2, 0.25) is 5.91 Å². The van der Waals surface area contributed by atoms with Crippen LogP contribution in [0.4, 0.5) is 8.78 Å². The van der Waals surface area contributed by atoms with Crippen LogP contribution in [0.5, 0.6) is 11.5 Å². The second-order valence-corrected chi connectivity index (χ2v) is 4.96. The highest BCUT2D eigenvalue weighted by Gasteiger charge is 2.21. The number of halogens is 2. The Morgan fingerprint density at radius 3 is 2.91 bits per heavy atom. The molecule has 1 atom stereocenters. The Labute approximate surface area is 128 Å². The van der Waals surface area contributed by atoms with Crippen LogP contribution in [0.2, 0.25) is 0 Å². The Balaban J connectivity index is 2.01. The van der Waals surface area contributed by atoms with E-state index in [1.807, 2.05) is 0 Å². The third kappa shape index (κ3) is 4.56. The smallest absolute Gasteiger partial charge is 0.387 e. The van der Waals surface area contributed by atoms with Crippen molar-refractivity contribution in [1.29, 1.82) is 0 Å². The number of nitrogens with one attached hydrogen (secondary N) is 2. The normalized spacial score (nSPS) is 18.2. The summed E-state index contributed by atoms with van der Waals surface area (Å²) in [7, 11) is 0. The van der Waals surface area contributed by atoms with Gasteiger partial charge in [0.05, 0.1) is 12.6 Å². The average molecular weight is 314 g/mol. The molecule has 1 saturated heterocycles. The number of carbonyl (C=O) groups excluding carboxylic acids is 1. The number of ether oxygens (including phenoxy) is 2. The summed E-state index contributed by atoms with van der Waals surface area (Å²) in [6, 6.07) is 4.55. The zero-order valence-corrected chi connectivity index (χ0v) is 12.4. The first-order valence-corrected chi connectivity index (χ1v) is 7.31. The van der Waals surface area contributed by atoms with Crippen molar-refractivity contribution in [3.8, 4) is 11.5 Å². The average Bonchev–Trinajstić information content (AvgIpc) is 2.48. The van der Waals surface area contributed by atoms with Gasteiger partial charge in [0.25, 0.3) is 0 Å². The van der Waals surface area contributed by atoms with Crippen LogP contribution < -0.4 is 20.1 Å². The minimum atomic E-state index is -2.89. The van der Waals surface area contributed by atoms with E-state index in [0.717, 1.165) is 18.4 Å². The number of benzene rings is 1. The molecule has 0 radical (unpaired) electrons. The second-order valence-electron chi connectivity index (χ2n) is 4.96. The Kier molecular flexibility index (Phi) is 5.94. The molecule has 7 heteroatoms. The number of piperidine rings is 1. The van der Waals surface area contributed by atoms with Crippen LogP contribution in [0.1, 0.15) is 25.3 Å². The maximum absolute atomic E-state index is 12.3.